The number of sulfonamides is 1. The fraction of sp³-hybridized carbons (Fsp3) is 0.312. The molecule has 9 heteroatoms. The standard InChI is InChI=1S/C32H33FN4O3S/c1-21-10-14-24(15-11-21)41(39,40)35-30-9-5-6-22-12-13-23(18-26(22)30)37(20-31-34-16-17-36(31)2)32(38)28-19-27(28)25-7-3-4-8-29(25)33/h3-4,7-8,10-18,27-28,30,35H,5-6,9,19-20H2,1-2H3/t27-,28+,30-/m0/s1. The lowest BCUT2D eigenvalue weighted by Crippen LogP contribution is -2.34. The molecule has 1 amide bonds. The first-order valence-corrected chi connectivity index (χ1v) is 15.4. The summed E-state index contributed by atoms with van der Waals surface area (Å²) in [5.74, 6) is -0.163. The van der Waals surface area contributed by atoms with Crippen LogP contribution in [0.4, 0.5) is 10.1 Å². The summed E-state index contributed by atoms with van der Waals surface area (Å²) in [5.41, 5.74) is 4.18. The number of carbonyl (C=O) groups is 1. The first-order valence-electron chi connectivity index (χ1n) is 13.9. The van der Waals surface area contributed by atoms with Gasteiger partial charge in [-0.25, -0.2) is 22.5 Å². The van der Waals surface area contributed by atoms with Gasteiger partial charge < -0.3 is 9.47 Å². The van der Waals surface area contributed by atoms with Crippen LogP contribution in [0.3, 0.4) is 0 Å². The Morgan fingerprint density at radius 1 is 1.10 bits per heavy atom. The molecule has 0 aliphatic heterocycles. The third-order valence-electron chi connectivity index (χ3n) is 8.28. The van der Waals surface area contributed by atoms with Gasteiger partial charge in [-0.15, -0.1) is 0 Å². The molecule has 0 radical (unpaired) electrons. The lowest BCUT2D eigenvalue weighted by atomic mass is 9.87. The molecule has 1 heterocycles. The zero-order chi connectivity index (χ0) is 28.7. The Hall–Kier alpha value is -3.82. The molecular weight excluding hydrogens is 539 g/mol. The third kappa shape index (κ3) is 5.56. The first kappa shape index (κ1) is 27.4. The van der Waals surface area contributed by atoms with Crippen LogP contribution in [0, 0.1) is 18.7 Å². The average molecular weight is 573 g/mol. The number of aryl methyl sites for hydroxylation is 3. The molecule has 1 N–H and O–H groups in total. The Labute approximate surface area is 240 Å². The third-order valence-corrected chi connectivity index (χ3v) is 9.77. The second-order valence-corrected chi connectivity index (χ2v) is 12.8. The van der Waals surface area contributed by atoms with Crippen LogP contribution in [0.5, 0.6) is 0 Å². The number of anilines is 1. The number of benzene rings is 3. The Bertz CT molecular complexity index is 1700. The SMILES string of the molecule is Cc1ccc(S(=O)(=O)N[C@H]2CCCc3ccc(N(Cc4nccn4C)C(=O)[C@@H]4C[C@H]4c4ccccc4F)cc32)cc1. The molecule has 212 valence electrons. The molecule has 2 aliphatic carbocycles. The largest absolute Gasteiger partial charge is 0.337 e. The van der Waals surface area contributed by atoms with Crippen molar-refractivity contribution >= 4 is 21.6 Å². The highest BCUT2D eigenvalue weighted by atomic mass is 32.2. The number of imidazole rings is 1. The van der Waals surface area contributed by atoms with E-state index in [4.69, 9.17) is 0 Å². The highest BCUT2D eigenvalue weighted by Crippen LogP contribution is 2.50. The molecule has 0 unspecified atom stereocenters. The van der Waals surface area contributed by atoms with E-state index in [9.17, 15) is 17.6 Å². The van der Waals surface area contributed by atoms with E-state index < -0.39 is 16.1 Å². The molecule has 4 aromatic rings. The molecule has 1 aromatic heterocycles. The smallest absolute Gasteiger partial charge is 0.241 e. The van der Waals surface area contributed by atoms with E-state index in [0.717, 1.165) is 35.4 Å². The molecule has 1 saturated carbocycles. The van der Waals surface area contributed by atoms with Gasteiger partial charge in [0.25, 0.3) is 0 Å². The van der Waals surface area contributed by atoms with Crippen molar-refractivity contribution in [1.82, 2.24) is 14.3 Å². The van der Waals surface area contributed by atoms with Gasteiger partial charge in [-0.3, -0.25) is 4.79 Å². The second kappa shape index (κ2) is 10.9. The Balaban J connectivity index is 1.32. The van der Waals surface area contributed by atoms with Gasteiger partial charge in [0, 0.05) is 37.1 Å². The topological polar surface area (TPSA) is 84.3 Å². The number of aromatic nitrogens is 2. The Morgan fingerprint density at radius 2 is 1.88 bits per heavy atom. The number of halogens is 1. The summed E-state index contributed by atoms with van der Waals surface area (Å²) in [4.78, 5) is 20.4. The van der Waals surface area contributed by atoms with E-state index in [2.05, 4.69) is 9.71 Å². The summed E-state index contributed by atoms with van der Waals surface area (Å²) < 4.78 is 45.9. The fourth-order valence-electron chi connectivity index (χ4n) is 5.82. The number of hydrogen-bond acceptors (Lipinski definition) is 4. The van der Waals surface area contributed by atoms with Gasteiger partial charge in [-0.05, 0) is 85.5 Å². The summed E-state index contributed by atoms with van der Waals surface area (Å²) in [6.07, 6.45) is 6.47. The van der Waals surface area contributed by atoms with Gasteiger partial charge >= 0.3 is 0 Å². The number of amides is 1. The molecule has 2 aliphatic rings. The van der Waals surface area contributed by atoms with E-state index in [-0.39, 0.29) is 35.0 Å². The van der Waals surface area contributed by atoms with E-state index in [0.29, 0.717) is 24.1 Å². The average Bonchev–Trinajstić information content (AvgIpc) is 3.65. The van der Waals surface area contributed by atoms with Gasteiger partial charge in [-0.1, -0.05) is 42.0 Å². The van der Waals surface area contributed by atoms with Crippen LogP contribution in [0.25, 0.3) is 0 Å². The lowest BCUT2D eigenvalue weighted by Gasteiger charge is -2.29. The molecule has 7 nitrogen and oxygen atoms in total. The maximum Gasteiger partial charge on any atom is 0.241 e. The molecule has 3 atom stereocenters. The van der Waals surface area contributed by atoms with Crippen molar-refractivity contribution in [2.45, 2.75) is 56.0 Å². The number of nitrogens with one attached hydrogen (secondary N) is 1. The van der Waals surface area contributed by atoms with Crippen molar-refractivity contribution in [2.24, 2.45) is 13.0 Å². The fourth-order valence-corrected chi connectivity index (χ4v) is 7.07. The predicted octanol–water partition coefficient (Wildman–Crippen LogP) is 5.56. The van der Waals surface area contributed by atoms with Crippen molar-refractivity contribution in [3.05, 3.63) is 113 Å². The van der Waals surface area contributed by atoms with E-state index >= 15 is 0 Å². The summed E-state index contributed by atoms with van der Waals surface area (Å²) >= 11 is 0. The highest BCUT2D eigenvalue weighted by molar-refractivity contribution is 7.89. The molecular formula is C32H33FN4O3S. The summed E-state index contributed by atoms with van der Waals surface area (Å²) in [7, 11) is -1.86. The molecule has 1 fully saturated rings. The zero-order valence-electron chi connectivity index (χ0n) is 23.1. The van der Waals surface area contributed by atoms with Crippen LogP contribution in [-0.2, 0) is 34.8 Å². The van der Waals surface area contributed by atoms with Gasteiger partial charge in [0.2, 0.25) is 15.9 Å². The first-order chi connectivity index (χ1) is 19.7. The normalized spacial score (nSPS) is 19.9. The minimum Gasteiger partial charge on any atom is -0.337 e. The predicted molar refractivity (Wildman–Crippen MR) is 155 cm³/mol. The van der Waals surface area contributed by atoms with Crippen molar-refractivity contribution in [3.63, 3.8) is 0 Å². The zero-order valence-corrected chi connectivity index (χ0v) is 23.9. The highest BCUT2D eigenvalue weighted by Gasteiger charge is 2.47. The minimum atomic E-state index is -3.74. The summed E-state index contributed by atoms with van der Waals surface area (Å²) in [5, 5.41) is 0. The molecule has 0 saturated heterocycles. The van der Waals surface area contributed by atoms with E-state index in [1.165, 1.54) is 6.07 Å². The number of hydrogen-bond donors (Lipinski definition) is 1. The van der Waals surface area contributed by atoms with Gasteiger partial charge in [0.15, 0.2) is 0 Å². The van der Waals surface area contributed by atoms with Crippen molar-refractivity contribution in [2.75, 3.05) is 4.90 Å². The van der Waals surface area contributed by atoms with Crippen molar-refractivity contribution in [1.29, 1.82) is 0 Å². The monoisotopic (exact) mass is 572 g/mol. The lowest BCUT2D eigenvalue weighted by molar-refractivity contribution is -0.120. The minimum absolute atomic E-state index is 0.0891. The Morgan fingerprint density at radius 3 is 2.61 bits per heavy atom. The van der Waals surface area contributed by atoms with Crippen molar-refractivity contribution < 1.29 is 17.6 Å². The molecule has 41 heavy (non-hydrogen) atoms. The van der Waals surface area contributed by atoms with Crippen LogP contribution < -0.4 is 9.62 Å². The van der Waals surface area contributed by atoms with Crippen LogP contribution >= 0.6 is 0 Å². The Kier molecular flexibility index (Phi) is 7.25. The number of rotatable bonds is 8. The van der Waals surface area contributed by atoms with E-state index in [1.807, 2.05) is 42.9 Å². The van der Waals surface area contributed by atoms with Crippen LogP contribution in [-0.4, -0.2) is 23.9 Å². The van der Waals surface area contributed by atoms with Crippen LogP contribution in [0.2, 0.25) is 0 Å². The number of fused-ring (bicyclic) bond motifs is 1. The second-order valence-electron chi connectivity index (χ2n) is 11.1. The molecule has 0 spiro atoms. The number of carbonyl (C=O) groups excluding carboxylic acids is 1. The van der Waals surface area contributed by atoms with Crippen LogP contribution in [0.1, 0.15) is 59.3 Å². The quantitative estimate of drug-likeness (QED) is 0.300. The van der Waals surface area contributed by atoms with Crippen molar-refractivity contribution in [3.8, 4) is 0 Å². The maximum absolute atomic E-state index is 14.5. The molecule has 3 aromatic carbocycles. The van der Waals surface area contributed by atoms with Gasteiger partial charge in [0.1, 0.15) is 11.6 Å². The van der Waals surface area contributed by atoms with E-state index in [1.54, 1.807) is 53.6 Å². The molecule has 0 bridgehead atoms. The maximum atomic E-state index is 14.5. The van der Waals surface area contributed by atoms with Crippen LogP contribution in [0.15, 0.2) is 84.0 Å². The summed E-state index contributed by atoms with van der Waals surface area (Å²) in [6, 6.07) is 18.9. The van der Waals surface area contributed by atoms with Gasteiger partial charge in [-0.2, -0.15) is 0 Å². The van der Waals surface area contributed by atoms with Gasteiger partial charge in [0.05, 0.1) is 11.4 Å². The number of nitrogens with zero attached hydrogens (tertiary/aromatic N) is 3. The summed E-state index contributed by atoms with van der Waals surface area (Å²) in [6.45, 7) is 2.17. The molecule has 6 rings (SSSR count).